The molecule has 2 nitrogen and oxygen atoms in total. The van der Waals surface area contributed by atoms with Gasteiger partial charge in [0.05, 0.1) is 5.56 Å². The summed E-state index contributed by atoms with van der Waals surface area (Å²) in [5.74, 6) is -0.118. The van der Waals surface area contributed by atoms with Crippen LogP contribution in [0.3, 0.4) is 0 Å². The van der Waals surface area contributed by atoms with Gasteiger partial charge in [0.2, 0.25) is 0 Å². The van der Waals surface area contributed by atoms with Gasteiger partial charge in [-0.1, -0.05) is 0 Å². The van der Waals surface area contributed by atoms with E-state index in [1.54, 1.807) is 0 Å². The van der Waals surface area contributed by atoms with E-state index in [1.165, 1.54) is 0 Å². The van der Waals surface area contributed by atoms with Gasteiger partial charge in [-0.2, -0.15) is 26.3 Å². The Morgan fingerprint density at radius 2 is 1.76 bits per heavy atom. The maximum atomic E-state index is 12.7. The molecule has 2 aromatic rings. The van der Waals surface area contributed by atoms with E-state index in [0.717, 1.165) is 31.2 Å². The first-order valence-corrected chi connectivity index (χ1v) is 5.74. The van der Waals surface area contributed by atoms with Crippen LogP contribution in [0.1, 0.15) is 18.1 Å². The Labute approximate surface area is 115 Å². The lowest BCUT2D eigenvalue weighted by atomic mass is 10.1. The number of hydrogen-bond donors (Lipinski definition) is 2. The molecule has 8 heteroatoms. The van der Waals surface area contributed by atoms with E-state index in [0.29, 0.717) is 0 Å². The average Bonchev–Trinajstić information content (AvgIpc) is 2.63. The highest BCUT2D eigenvalue weighted by Gasteiger charge is 2.32. The zero-order valence-corrected chi connectivity index (χ0v) is 10.7. The van der Waals surface area contributed by atoms with Crippen LogP contribution < -0.4 is 5.73 Å². The van der Waals surface area contributed by atoms with Gasteiger partial charge >= 0.3 is 12.4 Å². The first-order chi connectivity index (χ1) is 9.50. The molecule has 0 fully saturated rings. The molecule has 21 heavy (non-hydrogen) atoms. The molecule has 0 aliphatic heterocycles. The number of aromatic nitrogens is 1. The predicted octanol–water partition coefficient (Wildman–Crippen LogP) is 4.73. The molecule has 0 unspecified atom stereocenters. The smallest absolute Gasteiger partial charge is 0.385 e. The van der Waals surface area contributed by atoms with Crippen LogP contribution in [0, 0.1) is 0 Å². The molecule has 0 amide bonds. The first kappa shape index (κ1) is 15.3. The van der Waals surface area contributed by atoms with E-state index in [9.17, 15) is 26.3 Å². The van der Waals surface area contributed by atoms with Crippen molar-refractivity contribution in [3.8, 4) is 0 Å². The summed E-state index contributed by atoms with van der Waals surface area (Å²) in [5, 5.41) is -0.00840. The summed E-state index contributed by atoms with van der Waals surface area (Å²) in [6.45, 7) is 0.825. The Morgan fingerprint density at radius 1 is 1.14 bits per heavy atom. The number of benzene rings is 1. The molecule has 0 spiro atoms. The van der Waals surface area contributed by atoms with Crippen LogP contribution in [0.4, 0.5) is 32.2 Å². The number of halogens is 6. The maximum absolute atomic E-state index is 12.7. The third kappa shape index (κ3) is 2.98. The molecule has 0 bridgehead atoms. The number of nitrogen functional groups attached to an aromatic ring is 1. The lowest BCUT2D eigenvalue weighted by Crippen LogP contribution is -2.08. The van der Waals surface area contributed by atoms with Gasteiger partial charge in [0.1, 0.15) is 5.82 Å². The summed E-state index contributed by atoms with van der Waals surface area (Å²) in [7, 11) is 0. The zero-order valence-electron chi connectivity index (χ0n) is 10.7. The van der Waals surface area contributed by atoms with Gasteiger partial charge in [0.15, 0.2) is 0 Å². The maximum Gasteiger partial charge on any atom is 0.416 e. The van der Waals surface area contributed by atoms with Gasteiger partial charge < -0.3 is 10.7 Å². The molecule has 2 rings (SSSR count). The van der Waals surface area contributed by atoms with E-state index >= 15 is 0 Å². The van der Waals surface area contributed by atoms with Crippen LogP contribution in [-0.4, -0.2) is 11.2 Å². The quantitative estimate of drug-likeness (QED) is 0.734. The number of aromatic amines is 1. The van der Waals surface area contributed by atoms with Crippen LogP contribution in [0.25, 0.3) is 17.0 Å². The van der Waals surface area contributed by atoms with E-state index in [4.69, 9.17) is 5.73 Å². The molecule has 1 aromatic carbocycles. The number of alkyl halides is 6. The van der Waals surface area contributed by atoms with Crippen molar-refractivity contribution in [1.29, 1.82) is 0 Å². The number of hydrogen-bond acceptors (Lipinski definition) is 1. The SMILES string of the molecule is C/C(=C\c1c(N)[nH]c2ccc(C(F)(F)F)cc12)C(F)(F)F. The van der Waals surface area contributed by atoms with Gasteiger partial charge in [0.25, 0.3) is 0 Å². The Kier molecular flexibility index (Phi) is 3.43. The molecule has 0 saturated carbocycles. The normalized spacial score (nSPS) is 14.0. The van der Waals surface area contributed by atoms with E-state index in [1.807, 2.05) is 0 Å². The zero-order chi connectivity index (χ0) is 16.0. The van der Waals surface area contributed by atoms with Crippen molar-refractivity contribution in [2.45, 2.75) is 19.3 Å². The summed E-state index contributed by atoms with van der Waals surface area (Å²) in [5.41, 5.74) is 3.79. The third-order valence-corrected chi connectivity index (χ3v) is 3.00. The molecule has 3 N–H and O–H groups in total. The summed E-state index contributed by atoms with van der Waals surface area (Å²) in [6.07, 6.45) is -8.42. The van der Waals surface area contributed by atoms with Gasteiger partial charge in [-0.3, -0.25) is 0 Å². The molecule has 1 heterocycles. The largest absolute Gasteiger partial charge is 0.416 e. The van der Waals surface area contributed by atoms with Crippen LogP contribution in [0.15, 0.2) is 23.8 Å². The van der Waals surface area contributed by atoms with Crippen molar-refractivity contribution in [2.24, 2.45) is 0 Å². The van der Waals surface area contributed by atoms with Gasteiger partial charge in [-0.15, -0.1) is 0 Å². The number of nitrogens with one attached hydrogen (secondary N) is 1. The molecule has 0 aliphatic rings. The van der Waals surface area contributed by atoms with Gasteiger partial charge in [-0.05, 0) is 31.2 Å². The Morgan fingerprint density at radius 3 is 2.29 bits per heavy atom. The fourth-order valence-electron chi connectivity index (χ4n) is 1.86. The standard InChI is InChI=1S/C13H10F6N2/c1-6(12(14,15)16)4-9-8-5-7(13(17,18)19)2-3-10(8)21-11(9)20/h2-5,21H,20H2,1H3/b6-4+. The highest BCUT2D eigenvalue weighted by atomic mass is 19.4. The molecule has 0 radical (unpaired) electrons. The second-order valence-corrected chi connectivity index (χ2v) is 4.54. The van der Waals surface area contributed by atoms with Crippen molar-refractivity contribution in [1.82, 2.24) is 4.98 Å². The van der Waals surface area contributed by atoms with Crippen LogP contribution in [0.5, 0.6) is 0 Å². The number of anilines is 1. The monoisotopic (exact) mass is 308 g/mol. The van der Waals surface area contributed by atoms with Crippen LogP contribution in [0.2, 0.25) is 0 Å². The van der Waals surface area contributed by atoms with Crippen molar-refractivity contribution >= 4 is 22.8 Å². The van der Waals surface area contributed by atoms with Crippen molar-refractivity contribution < 1.29 is 26.3 Å². The highest BCUT2D eigenvalue weighted by molar-refractivity contribution is 5.95. The summed E-state index contributed by atoms with van der Waals surface area (Å²) in [6, 6.07) is 2.74. The highest BCUT2D eigenvalue weighted by Crippen LogP contribution is 2.36. The third-order valence-electron chi connectivity index (χ3n) is 3.00. The number of allylic oxidation sites excluding steroid dienone is 1. The second-order valence-electron chi connectivity index (χ2n) is 4.54. The van der Waals surface area contributed by atoms with Crippen molar-refractivity contribution in [2.75, 3.05) is 5.73 Å². The van der Waals surface area contributed by atoms with Gasteiger partial charge in [-0.25, -0.2) is 0 Å². The van der Waals surface area contributed by atoms with Crippen LogP contribution >= 0.6 is 0 Å². The number of nitrogens with two attached hydrogens (primary N) is 1. The molecule has 1 aromatic heterocycles. The predicted molar refractivity (Wildman–Crippen MR) is 67.4 cm³/mol. The van der Waals surface area contributed by atoms with E-state index in [-0.39, 0.29) is 22.3 Å². The molecular weight excluding hydrogens is 298 g/mol. The molecular formula is C13H10F6N2. The molecule has 0 aliphatic carbocycles. The average molecular weight is 308 g/mol. The topological polar surface area (TPSA) is 41.8 Å². The van der Waals surface area contributed by atoms with Gasteiger partial charge in [0, 0.05) is 22.0 Å². The lowest BCUT2D eigenvalue weighted by molar-refractivity contribution is -0.137. The summed E-state index contributed by atoms with van der Waals surface area (Å²) in [4.78, 5) is 2.56. The van der Waals surface area contributed by atoms with Crippen LogP contribution in [-0.2, 0) is 6.18 Å². The number of rotatable bonds is 1. The minimum absolute atomic E-state index is 0.00840. The Hall–Kier alpha value is -2.12. The van der Waals surface area contributed by atoms with Crippen molar-refractivity contribution in [3.05, 3.63) is 34.9 Å². The van der Waals surface area contributed by atoms with E-state index < -0.39 is 23.5 Å². The van der Waals surface area contributed by atoms with Crippen molar-refractivity contribution in [3.63, 3.8) is 0 Å². The lowest BCUT2D eigenvalue weighted by Gasteiger charge is -2.08. The Bertz CT molecular complexity index is 706. The molecule has 0 saturated heterocycles. The van der Waals surface area contributed by atoms with E-state index in [2.05, 4.69) is 4.98 Å². The first-order valence-electron chi connectivity index (χ1n) is 5.74. The fourth-order valence-corrected chi connectivity index (χ4v) is 1.86. The minimum atomic E-state index is -4.58. The summed E-state index contributed by atoms with van der Waals surface area (Å²) < 4.78 is 75.6. The molecule has 114 valence electrons. The number of fused-ring (bicyclic) bond motifs is 1. The number of H-pyrrole nitrogens is 1. The Balaban J connectivity index is 2.66. The summed E-state index contributed by atoms with van der Waals surface area (Å²) >= 11 is 0. The molecule has 0 atom stereocenters. The minimum Gasteiger partial charge on any atom is -0.385 e. The second kappa shape index (κ2) is 4.71. The fraction of sp³-hybridized carbons (Fsp3) is 0.231.